The van der Waals surface area contributed by atoms with Crippen molar-refractivity contribution in [2.75, 3.05) is 20.8 Å². The van der Waals surface area contributed by atoms with Crippen LogP contribution in [0.25, 0.3) is 5.76 Å². The van der Waals surface area contributed by atoms with Gasteiger partial charge in [-0.15, -0.1) is 0 Å². The van der Waals surface area contributed by atoms with E-state index in [0.29, 0.717) is 29.0 Å². The molecule has 1 atom stereocenters. The molecule has 0 bridgehead atoms. The minimum absolute atomic E-state index is 0.0313. The molecule has 180 valence electrons. The lowest BCUT2D eigenvalue weighted by Crippen LogP contribution is -2.31. The summed E-state index contributed by atoms with van der Waals surface area (Å²) in [4.78, 5) is 27.6. The van der Waals surface area contributed by atoms with E-state index >= 15 is 0 Å². The van der Waals surface area contributed by atoms with Crippen molar-refractivity contribution in [3.63, 3.8) is 0 Å². The normalized spacial score (nSPS) is 17.0. The van der Waals surface area contributed by atoms with Crippen LogP contribution in [0.1, 0.15) is 22.7 Å². The van der Waals surface area contributed by atoms with Crippen LogP contribution in [-0.4, -0.2) is 42.5 Å². The van der Waals surface area contributed by atoms with Gasteiger partial charge >= 0.3 is 0 Å². The molecule has 0 aromatic heterocycles. The van der Waals surface area contributed by atoms with E-state index < -0.39 is 23.5 Å². The van der Waals surface area contributed by atoms with Crippen LogP contribution < -0.4 is 9.47 Å². The molecule has 3 aromatic rings. The lowest BCUT2D eigenvalue weighted by molar-refractivity contribution is -0.139. The second kappa shape index (κ2) is 10.3. The number of amides is 1. The maximum Gasteiger partial charge on any atom is 0.295 e. The zero-order chi connectivity index (χ0) is 25.1. The summed E-state index contributed by atoms with van der Waals surface area (Å²) in [5.74, 6) is -1.09. The first-order valence-corrected chi connectivity index (χ1v) is 11.6. The van der Waals surface area contributed by atoms with Crippen molar-refractivity contribution in [2.45, 2.75) is 12.5 Å². The molecule has 6 nitrogen and oxygen atoms in total. The molecule has 3 aromatic carbocycles. The van der Waals surface area contributed by atoms with Gasteiger partial charge in [-0.05, 0) is 53.9 Å². The number of aliphatic hydroxyl groups is 1. The molecule has 1 fully saturated rings. The van der Waals surface area contributed by atoms with Crippen molar-refractivity contribution in [3.05, 3.63) is 99.3 Å². The van der Waals surface area contributed by atoms with Crippen LogP contribution in [0.5, 0.6) is 11.5 Å². The van der Waals surface area contributed by atoms with Gasteiger partial charge < -0.3 is 19.5 Å². The number of hydrogen-bond acceptors (Lipinski definition) is 5. The number of carbonyl (C=O) groups is 2. The number of rotatable bonds is 7. The van der Waals surface area contributed by atoms with Crippen LogP contribution >= 0.6 is 15.9 Å². The molecule has 4 rings (SSSR count). The molecule has 0 saturated carbocycles. The summed E-state index contributed by atoms with van der Waals surface area (Å²) in [5, 5.41) is 11.1. The van der Waals surface area contributed by atoms with Crippen LogP contribution in [0.3, 0.4) is 0 Å². The summed E-state index contributed by atoms with van der Waals surface area (Å²) >= 11 is 3.35. The highest BCUT2D eigenvalue weighted by atomic mass is 79.9. The largest absolute Gasteiger partial charge is 0.507 e. The van der Waals surface area contributed by atoms with Gasteiger partial charge in [-0.25, -0.2) is 4.39 Å². The minimum Gasteiger partial charge on any atom is -0.507 e. The predicted molar refractivity (Wildman–Crippen MR) is 133 cm³/mol. The summed E-state index contributed by atoms with van der Waals surface area (Å²) in [5.41, 5.74) is 1.77. The number of likely N-dealkylation sites (tertiary alicyclic amines) is 1. The Morgan fingerprint density at radius 1 is 0.971 bits per heavy atom. The van der Waals surface area contributed by atoms with E-state index in [1.54, 1.807) is 37.4 Å². The van der Waals surface area contributed by atoms with E-state index in [1.165, 1.54) is 36.3 Å². The second-order valence-corrected chi connectivity index (χ2v) is 8.91. The third-order valence-electron chi connectivity index (χ3n) is 5.93. The number of methoxy groups -OCH3 is 2. The second-order valence-electron chi connectivity index (χ2n) is 7.99. The molecule has 0 spiro atoms. The maximum atomic E-state index is 13.6. The third kappa shape index (κ3) is 4.93. The molecule has 1 N–H and O–H groups in total. The Balaban J connectivity index is 1.73. The standard InChI is InChI=1S/C27H23BrFNO5/c1-34-21-12-3-16(15-22(21)35-2)13-14-30-24(17-6-10-20(29)11-7-17)23(26(32)27(30)33)25(31)18-4-8-19(28)9-5-18/h3-12,15,24,31H,13-14H2,1-2H3/b25-23+. The number of carbonyl (C=O) groups excluding carboxylic acids is 2. The average molecular weight is 540 g/mol. The molecule has 35 heavy (non-hydrogen) atoms. The Morgan fingerprint density at radius 3 is 2.26 bits per heavy atom. The van der Waals surface area contributed by atoms with Gasteiger partial charge in [0.15, 0.2) is 11.5 Å². The number of ether oxygens (including phenoxy) is 2. The fraction of sp³-hybridized carbons (Fsp3) is 0.185. The predicted octanol–water partition coefficient (Wildman–Crippen LogP) is 5.27. The van der Waals surface area contributed by atoms with Crippen LogP contribution in [0.15, 0.2) is 76.8 Å². The molecule has 1 amide bonds. The van der Waals surface area contributed by atoms with Crippen molar-refractivity contribution in [1.29, 1.82) is 0 Å². The number of Topliss-reactive ketones (excluding diaryl/α,β-unsaturated/α-hetero) is 1. The van der Waals surface area contributed by atoms with Crippen LogP contribution in [0.4, 0.5) is 4.39 Å². The summed E-state index contributed by atoms with van der Waals surface area (Å²) in [6, 6.07) is 16.9. The Morgan fingerprint density at radius 2 is 1.63 bits per heavy atom. The Hall–Kier alpha value is -3.65. The van der Waals surface area contributed by atoms with E-state index in [4.69, 9.17) is 9.47 Å². The highest BCUT2D eigenvalue weighted by Crippen LogP contribution is 2.40. The third-order valence-corrected chi connectivity index (χ3v) is 6.46. The Labute approximate surface area is 210 Å². The molecule has 8 heteroatoms. The molecule has 1 saturated heterocycles. The first-order valence-electron chi connectivity index (χ1n) is 10.8. The molecular weight excluding hydrogens is 517 g/mol. The number of ketones is 1. The number of aliphatic hydroxyl groups excluding tert-OH is 1. The summed E-state index contributed by atoms with van der Waals surface area (Å²) in [7, 11) is 3.09. The average Bonchev–Trinajstić information content (AvgIpc) is 3.12. The van der Waals surface area contributed by atoms with Crippen LogP contribution in [0.2, 0.25) is 0 Å². The molecule has 1 aliphatic heterocycles. The van der Waals surface area contributed by atoms with Crippen molar-refractivity contribution < 1.29 is 28.6 Å². The number of benzene rings is 3. The van der Waals surface area contributed by atoms with E-state index in [0.717, 1.165) is 10.0 Å². The lowest BCUT2D eigenvalue weighted by Gasteiger charge is -2.25. The van der Waals surface area contributed by atoms with Gasteiger partial charge in [-0.2, -0.15) is 0 Å². The number of nitrogens with zero attached hydrogens (tertiary/aromatic N) is 1. The highest BCUT2D eigenvalue weighted by Gasteiger charge is 2.45. The van der Waals surface area contributed by atoms with E-state index in [9.17, 15) is 19.1 Å². The summed E-state index contributed by atoms with van der Waals surface area (Å²) < 4.78 is 25.1. The van der Waals surface area contributed by atoms with Crippen molar-refractivity contribution >= 4 is 33.4 Å². The fourth-order valence-corrected chi connectivity index (χ4v) is 4.42. The smallest absolute Gasteiger partial charge is 0.295 e. The first kappa shape index (κ1) is 24.5. The van der Waals surface area contributed by atoms with Crippen molar-refractivity contribution in [1.82, 2.24) is 4.90 Å². The van der Waals surface area contributed by atoms with Gasteiger partial charge in [-0.3, -0.25) is 9.59 Å². The number of hydrogen-bond donors (Lipinski definition) is 1. The molecular formula is C27H23BrFNO5. The van der Waals surface area contributed by atoms with Gasteiger partial charge in [0, 0.05) is 16.6 Å². The van der Waals surface area contributed by atoms with Gasteiger partial charge in [-0.1, -0.05) is 46.3 Å². The topological polar surface area (TPSA) is 76.1 Å². The van der Waals surface area contributed by atoms with Crippen LogP contribution in [-0.2, 0) is 16.0 Å². The minimum atomic E-state index is -0.862. The van der Waals surface area contributed by atoms with Gasteiger partial charge in [0.05, 0.1) is 25.8 Å². The van der Waals surface area contributed by atoms with Crippen molar-refractivity contribution in [3.8, 4) is 11.5 Å². The Bertz CT molecular complexity index is 1290. The number of halogens is 2. The molecule has 1 aliphatic rings. The zero-order valence-corrected chi connectivity index (χ0v) is 20.7. The molecule has 0 aliphatic carbocycles. The monoisotopic (exact) mass is 539 g/mol. The first-order chi connectivity index (χ1) is 16.8. The SMILES string of the molecule is COc1ccc(CCN2C(=O)C(=O)/C(=C(/O)c3ccc(Br)cc3)C2c2ccc(F)cc2)cc1OC. The quantitative estimate of drug-likeness (QED) is 0.251. The maximum absolute atomic E-state index is 13.6. The van der Waals surface area contributed by atoms with E-state index in [2.05, 4.69) is 15.9 Å². The molecule has 0 radical (unpaired) electrons. The summed E-state index contributed by atoms with van der Waals surface area (Å²) in [6.07, 6.45) is 0.420. The van der Waals surface area contributed by atoms with Crippen LogP contribution in [0, 0.1) is 5.82 Å². The fourth-order valence-electron chi connectivity index (χ4n) is 4.15. The lowest BCUT2D eigenvalue weighted by atomic mass is 9.95. The van der Waals surface area contributed by atoms with E-state index in [1.807, 2.05) is 12.1 Å². The van der Waals surface area contributed by atoms with Gasteiger partial charge in [0.2, 0.25) is 0 Å². The van der Waals surface area contributed by atoms with Gasteiger partial charge in [0.25, 0.3) is 11.7 Å². The summed E-state index contributed by atoms with van der Waals surface area (Å²) in [6.45, 7) is 0.194. The van der Waals surface area contributed by atoms with Crippen molar-refractivity contribution in [2.24, 2.45) is 0 Å². The Kier molecular flexibility index (Phi) is 7.21. The highest BCUT2D eigenvalue weighted by molar-refractivity contribution is 9.10. The molecule has 1 heterocycles. The van der Waals surface area contributed by atoms with E-state index in [-0.39, 0.29) is 17.9 Å². The molecule has 1 unspecified atom stereocenters. The zero-order valence-electron chi connectivity index (χ0n) is 19.1. The van der Waals surface area contributed by atoms with Gasteiger partial charge in [0.1, 0.15) is 11.6 Å².